The molecule has 1 aliphatic heterocycles. The SMILES string of the molecule is CNCC1CCCN(CC(=O)Nc2ccc(Cl)cc2)C1. The van der Waals surface area contributed by atoms with Crippen LogP contribution in [0.2, 0.25) is 5.02 Å². The Morgan fingerprint density at radius 2 is 2.15 bits per heavy atom. The van der Waals surface area contributed by atoms with Gasteiger partial charge in [-0.1, -0.05) is 11.6 Å². The van der Waals surface area contributed by atoms with Crippen LogP contribution in [-0.4, -0.2) is 44.0 Å². The molecule has 1 saturated heterocycles. The predicted molar refractivity (Wildman–Crippen MR) is 83.2 cm³/mol. The Balaban J connectivity index is 1.80. The number of rotatable bonds is 5. The first kappa shape index (κ1) is 15.3. The van der Waals surface area contributed by atoms with Crippen molar-refractivity contribution in [2.75, 3.05) is 38.5 Å². The molecular weight excluding hydrogens is 274 g/mol. The van der Waals surface area contributed by atoms with Crippen molar-refractivity contribution in [3.8, 4) is 0 Å². The summed E-state index contributed by atoms with van der Waals surface area (Å²) in [7, 11) is 1.98. The van der Waals surface area contributed by atoms with E-state index in [4.69, 9.17) is 11.6 Å². The largest absolute Gasteiger partial charge is 0.325 e. The van der Waals surface area contributed by atoms with Crippen LogP contribution in [0, 0.1) is 5.92 Å². The lowest BCUT2D eigenvalue weighted by Gasteiger charge is -2.32. The number of carbonyl (C=O) groups excluding carboxylic acids is 1. The Morgan fingerprint density at radius 3 is 2.85 bits per heavy atom. The highest BCUT2D eigenvalue weighted by atomic mass is 35.5. The Bertz CT molecular complexity index is 433. The summed E-state index contributed by atoms with van der Waals surface area (Å²) in [5, 5.41) is 6.80. The molecule has 1 fully saturated rings. The second-order valence-electron chi connectivity index (χ2n) is 5.36. The summed E-state index contributed by atoms with van der Waals surface area (Å²) >= 11 is 5.82. The molecule has 1 heterocycles. The van der Waals surface area contributed by atoms with Crippen molar-refractivity contribution in [2.24, 2.45) is 5.92 Å². The fourth-order valence-corrected chi connectivity index (χ4v) is 2.81. The summed E-state index contributed by atoms with van der Waals surface area (Å²) < 4.78 is 0. The standard InChI is InChI=1S/C15H22ClN3O/c1-17-9-12-3-2-8-19(10-12)11-15(20)18-14-6-4-13(16)5-7-14/h4-7,12,17H,2-3,8-11H2,1H3,(H,18,20). The van der Waals surface area contributed by atoms with Gasteiger partial charge in [0.25, 0.3) is 0 Å². The molecule has 0 spiro atoms. The number of anilines is 1. The summed E-state index contributed by atoms with van der Waals surface area (Å²) in [6.07, 6.45) is 2.41. The van der Waals surface area contributed by atoms with Crippen LogP contribution >= 0.6 is 11.6 Å². The Morgan fingerprint density at radius 1 is 1.40 bits per heavy atom. The normalized spacial score (nSPS) is 19.8. The van der Waals surface area contributed by atoms with E-state index in [0.29, 0.717) is 17.5 Å². The van der Waals surface area contributed by atoms with Gasteiger partial charge in [-0.2, -0.15) is 0 Å². The first-order chi connectivity index (χ1) is 9.67. The Hall–Kier alpha value is -1.10. The highest BCUT2D eigenvalue weighted by Gasteiger charge is 2.20. The quantitative estimate of drug-likeness (QED) is 0.875. The molecular formula is C15H22ClN3O. The van der Waals surface area contributed by atoms with Crippen LogP contribution in [0.4, 0.5) is 5.69 Å². The van der Waals surface area contributed by atoms with E-state index in [1.54, 1.807) is 12.1 Å². The van der Waals surface area contributed by atoms with Crippen LogP contribution < -0.4 is 10.6 Å². The lowest BCUT2D eigenvalue weighted by Crippen LogP contribution is -2.42. The molecule has 0 saturated carbocycles. The molecule has 1 atom stereocenters. The van der Waals surface area contributed by atoms with Crippen molar-refractivity contribution in [3.63, 3.8) is 0 Å². The van der Waals surface area contributed by atoms with E-state index in [9.17, 15) is 4.79 Å². The van der Waals surface area contributed by atoms with Gasteiger partial charge in [-0.05, 0) is 63.2 Å². The second-order valence-corrected chi connectivity index (χ2v) is 5.79. The van der Waals surface area contributed by atoms with Gasteiger partial charge in [0, 0.05) is 17.3 Å². The number of benzene rings is 1. The number of hydrogen-bond acceptors (Lipinski definition) is 3. The van der Waals surface area contributed by atoms with Crippen molar-refractivity contribution in [1.82, 2.24) is 10.2 Å². The number of hydrogen-bond donors (Lipinski definition) is 2. The molecule has 0 radical (unpaired) electrons. The van der Waals surface area contributed by atoms with Crippen molar-refractivity contribution < 1.29 is 4.79 Å². The molecule has 5 heteroatoms. The number of nitrogens with one attached hydrogen (secondary N) is 2. The molecule has 0 aliphatic carbocycles. The zero-order valence-corrected chi connectivity index (χ0v) is 12.6. The van der Waals surface area contributed by atoms with Crippen molar-refractivity contribution >= 4 is 23.2 Å². The molecule has 1 aromatic rings. The zero-order valence-electron chi connectivity index (χ0n) is 11.9. The highest BCUT2D eigenvalue weighted by Crippen LogP contribution is 2.16. The van der Waals surface area contributed by atoms with Gasteiger partial charge in [0.05, 0.1) is 6.54 Å². The van der Waals surface area contributed by atoms with Gasteiger partial charge in [0.1, 0.15) is 0 Å². The Kier molecular flexibility index (Phi) is 5.83. The predicted octanol–water partition coefficient (Wildman–Crippen LogP) is 2.21. The van der Waals surface area contributed by atoms with Crippen molar-refractivity contribution in [3.05, 3.63) is 29.3 Å². The van der Waals surface area contributed by atoms with Gasteiger partial charge in [0.2, 0.25) is 5.91 Å². The fraction of sp³-hybridized carbons (Fsp3) is 0.533. The average Bonchev–Trinajstić information content (AvgIpc) is 2.42. The van der Waals surface area contributed by atoms with Crippen molar-refractivity contribution in [1.29, 1.82) is 0 Å². The number of carbonyl (C=O) groups is 1. The van der Waals surface area contributed by atoms with Gasteiger partial charge >= 0.3 is 0 Å². The van der Waals surface area contributed by atoms with Crippen LogP contribution in [0.3, 0.4) is 0 Å². The monoisotopic (exact) mass is 295 g/mol. The molecule has 1 amide bonds. The molecule has 2 N–H and O–H groups in total. The lowest BCUT2D eigenvalue weighted by molar-refractivity contribution is -0.117. The topological polar surface area (TPSA) is 44.4 Å². The lowest BCUT2D eigenvalue weighted by atomic mass is 9.98. The molecule has 0 bridgehead atoms. The molecule has 1 aliphatic rings. The maximum absolute atomic E-state index is 12.0. The fourth-order valence-electron chi connectivity index (χ4n) is 2.69. The Labute approximate surface area is 125 Å². The van der Waals surface area contributed by atoms with Crippen molar-refractivity contribution in [2.45, 2.75) is 12.8 Å². The van der Waals surface area contributed by atoms with Crippen LogP contribution in [0.1, 0.15) is 12.8 Å². The summed E-state index contributed by atoms with van der Waals surface area (Å²) in [6.45, 7) is 3.49. The van der Waals surface area contributed by atoms with E-state index in [0.717, 1.165) is 25.3 Å². The summed E-state index contributed by atoms with van der Waals surface area (Å²) in [5.74, 6) is 0.689. The summed E-state index contributed by atoms with van der Waals surface area (Å²) in [6, 6.07) is 7.20. The van der Waals surface area contributed by atoms with Gasteiger partial charge < -0.3 is 10.6 Å². The van der Waals surface area contributed by atoms with E-state index in [-0.39, 0.29) is 5.91 Å². The van der Waals surface area contributed by atoms with Gasteiger partial charge in [-0.15, -0.1) is 0 Å². The minimum absolute atomic E-state index is 0.0393. The third-order valence-corrected chi connectivity index (χ3v) is 3.84. The second kappa shape index (κ2) is 7.62. The van der Waals surface area contributed by atoms with E-state index >= 15 is 0 Å². The number of nitrogens with zero attached hydrogens (tertiary/aromatic N) is 1. The molecule has 20 heavy (non-hydrogen) atoms. The maximum atomic E-state index is 12.0. The third kappa shape index (κ3) is 4.78. The number of piperidine rings is 1. The molecule has 4 nitrogen and oxygen atoms in total. The summed E-state index contributed by atoms with van der Waals surface area (Å²) in [5.41, 5.74) is 0.795. The average molecular weight is 296 g/mol. The smallest absolute Gasteiger partial charge is 0.238 e. The van der Waals surface area contributed by atoms with E-state index in [2.05, 4.69) is 15.5 Å². The molecule has 1 unspecified atom stereocenters. The van der Waals surface area contributed by atoms with Crippen LogP contribution in [0.5, 0.6) is 0 Å². The minimum atomic E-state index is 0.0393. The van der Waals surface area contributed by atoms with Crippen LogP contribution in [0.25, 0.3) is 0 Å². The molecule has 1 aromatic carbocycles. The molecule has 0 aromatic heterocycles. The van der Waals surface area contributed by atoms with Gasteiger partial charge in [-0.25, -0.2) is 0 Å². The number of amides is 1. The van der Waals surface area contributed by atoms with E-state index in [1.807, 2.05) is 19.2 Å². The third-order valence-electron chi connectivity index (χ3n) is 3.59. The van der Waals surface area contributed by atoms with Gasteiger partial charge in [-0.3, -0.25) is 9.69 Å². The highest BCUT2D eigenvalue weighted by molar-refractivity contribution is 6.30. The number of halogens is 1. The first-order valence-electron chi connectivity index (χ1n) is 7.10. The van der Waals surface area contributed by atoms with Crippen LogP contribution in [-0.2, 0) is 4.79 Å². The number of likely N-dealkylation sites (tertiary alicyclic amines) is 1. The first-order valence-corrected chi connectivity index (χ1v) is 7.47. The van der Waals surface area contributed by atoms with Crippen LogP contribution in [0.15, 0.2) is 24.3 Å². The zero-order chi connectivity index (χ0) is 14.4. The van der Waals surface area contributed by atoms with E-state index in [1.165, 1.54) is 12.8 Å². The summed E-state index contributed by atoms with van der Waals surface area (Å²) in [4.78, 5) is 14.3. The van der Waals surface area contributed by atoms with E-state index < -0.39 is 0 Å². The maximum Gasteiger partial charge on any atom is 0.238 e. The molecule has 110 valence electrons. The minimum Gasteiger partial charge on any atom is -0.325 e. The van der Waals surface area contributed by atoms with Gasteiger partial charge in [0.15, 0.2) is 0 Å². The molecule has 2 rings (SSSR count).